The van der Waals surface area contributed by atoms with Crippen molar-refractivity contribution in [2.45, 2.75) is 18.7 Å². The maximum Gasteiger partial charge on any atom is 0.333 e. The van der Waals surface area contributed by atoms with E-state index in [9.17, 15) is 13.2 Å². The van der Waals surface area contributed by atoms with Crippen molar-refractivity contribution >= 4 is 39.8 Å². The van der Waals surface area contributed by atoms with E-state index in [1.54, 1.807) is 51.1 Å². The third kappa shape index (κ3) is 6.76. The average molecular weight is 416 g/mol. The molecular weight excluding hydrogens is 390 g/mol. The molecule has 2 aromatic carbocycles. The Kier molecular flexibility index (Phi) is 7.55. The van der Waals surface area contributed by atoms with Crippen LogP contribution in [0.25, 0.3) is 6.08 Å². The Morgan fingerprint density at radius 2 is 1.62 bits per heavy atom. The van der Waals surface area contributed by atoms with Crippen molar-refractivity contribution in [3.8, 4) is 0 Å². The summed E-state index contributed by atoms with van der Waals surface area (Å²) in [5, 5.41) is 3.20. The van der Waals surface area contributed by atoms with Crippen molar-refractivity contribution in [1.82, 2.24) is 4.90 Å². The van der Waals surface area contributed by atoms with Gasteiger partial charge < -0.3 is 15.0 Å². The fourth-order valence-corrected chi connectivity index (χ4v) is 3.23. The van der Waals surface area contributed by atoms with Crippen molar-refractivity contribution in [2.75, 3.05) is 26.0 Å². The largest absolute Gasteiger partial charge is 0.463 e. The number of benzene rings is 2. The molecule has 0 aliphatic rings. The summed E-state index contributed by atoms with van der Waals surface area (Å²) in [6.07, 6.45) is 3.01. The van der Waals surface area contributed by atoms with Crippen LogP contribution in [0.1, 0.15) is 19.4 Å². The summed E-state index contributed by atoms with van der Waals surface area (Å²) in [7, 11) is -0.318. The van der Waals surface area contributed by atoms with Crippen molar-refractivity contribution in [1.29, 1.82) is 0 Å². The molecule has 0 saturated heterocycles. The van der Waals surface area contributed by atoms with E-state index < -0.39 is 10.0 Å². The second-order valence-electron chi connectivity index (χ2n) is 6.48. The predicted octanol–water partition coefficient (Wildman–Crippen LogP) is 3.68. The normalized spacial score (nSPS) is 12.1. The highest BCUT2D eigenvalue weighted by atomic mass is 32.2. The number of sulfonamides is 1. The van der Waals surface area contributed by atoms with Gasteiger partial charge in [0.25, 0.3) is 10.0 Å². The van der Waals surface area contributed by atoms with E-state index in [2.05, 4.69) is 9.71 Å². The van der Waals surface area contributed by atoms with Crippen molar-refractivity contribution in [3.63, 3.8) is 0 Å². The fourth-order valence-electron chi connectivity index (χ4n) is 2.31. The lowest BCUT2D eigenvalue weighted by atomic mass is 10.1. The molecule has 0 heterocycles. The Balaban J connectivity index is 2.07. The molecule has 0 aromatic heterocycles. The lowest BCUT2D eigenvalue weighted by Gasteiger charge is -2.08. The summed E-state index contributed by atoms with van der Waals surface area (Å²) in [5.41, 5.74) is 2.98. The molecule has 0 spiro atoms. The molecule has 0 bridgehead atoms. The van der Waals surface area contributed by atoms with Crippen LogP contribution in [-0.2, 0) is 19.6 Å². The molecule has 2 aromatic rings. The molecular formula is C21H25N3O4S. The average Bonchev–Trinajstić information content (AvgIpc) is 2.68. The molecule has 0 amide bonds. The van der Waals surface area contributed by atoms with E-state index in [0.29, 0.717) is 12.2 Å². The second-order valence-corrected chi connectivity index (χ2v) is 8.11. The lowest BCUT2D eigenvalue weighted by molar-refractivity contribution is -0.138. The summed E-state index contributed by atoms with van der Waals surface area (Å²) in [5.74, 6) is -0.334. The number of hydrogen-bond donors (Lipinski definition) is 1. The third-order valence-electron chi connectivity index (χ3n) is 3.75. The predicted molar refractivity (Wildman–Crippen MR) is 116 cm³/mol. The van der Waals surface area contributed by atoms with Gasteiger partial charge in [-0.15, -0.1) is 4.40 Å². The molecule has 7 nitrogen and oxygen atoms in total. The van der Waals surface area contributed by atoms with Crippen LogP contribution in [0.2, 0.25) is 0 Å². The highest BCUT2D eigenvalue weighted by molar-refractivity contribution is 7.90. The van der Waals surface area contributed by atoms with E-state index >= 15 is 0 Å². The fraction of sp³-hybridized carbons (Fsp3) is 0.238. The molecule has 0 atom stereocenters. The van der Waals surface area contributed by atoms with E-state index in [0.717, 1.165) is 16.9 Å². The lowest BCUT2D eigenvalue weighted by Crippen LogP contribution is -2.10. The summed E-state index contributed by atoms with van der Waals surface area (Å²) in [6.45, 7) is 3.82. The van der Waals surface area contributed by atoms with Gasteiger partial charge in [-0.25, -0.2) is 4.79 Å². The number of hydrogen-bond acceptors (Lipinski definition) is 5. The highest BCUT2D eigenvalue weighted by Crippen LogP contribution is 2.21. The number of ether oxygens (including phenoxy) is 1. The first-order chi connectivity index (χ1) is 13.7. The van der Waals surface area contributed by atoms with Crippen molar-refractivity contribution in [2.24, 2.45) is 4.40 Å². The number of esters is 1. The van der Waals surface area contributed by atoms with E-state index in [1.165, 1.54) is 18.5 Å². The summed E-state index contributed by atoms with van der Waals surface area (Å²) in [6, 6.07) is 13.9. The van der Waals surface area contributed by atoms with Crippen LogP contribution in [0.5, 0.6) is 0 Å². The van der Waals surface area contributed by atoms with E-state index in [-0.39, 0.29) is 10.9 Å². The van der Waals surface area contributed by atoms with Gasteiger partial charge in [0.1, 0.15) is 6.34 Å². The van der Waals surface area contributed by atoms with Gasteiger partial charge in [-0.1, -0.05) is 12.1 Å². The molecule has 0 aliphatic heterocycles. The van der Waals surface area contributed by atoms with Gasteiger partial charge in [0.05, 0.1) is 11.5 Å². The summed E-state index contributed by atoms with van der Waals surface area (Å²) in [4.78, 5) is 13.3. The first-order valence-electron chi connectivity index (χ1n) is 9.00. The number of nitrogens with one attached hydrogen (secondary N) is 1. The topological polar surface area (TPSA) is 88.1 Å². The minimum atomic E-state index is -3.72. The standard InChI is InChI=1S/C21H25N3O4S/c1-5-28-21(25)16(2)14-17-6-8-18(9-7-17)23-19-10-12-20(13-11-19)29(26,27)22-15-24(3)4/h6-15,23H,5H2,1-4H3/b16-14+,22-15+. The highest BCUT2D eigenvalue weighted by Gasteiger charge is 2.11. The molecule has 1 N–H and O–H groups in total. The number of nitrogens with zero attached hydrogens (tertiary/aromatic N) is 2. The van der Waals surface area contributed by atoms with Gasteiger partial charge in [0, 0.05) is 31.0 Å². The van der Waals surface area contributed by atoms with Crippen LogP contribution in [0.4, 0.5) is 11.4 Å². The Morgan fingerprint density at radius 1 is 1.07 bits per heavy atom. The van der Waals surface area contributed by atoms with Gasteiger partial charge in [-0.3, -0.25) is 0 Å². The molecule has 0 aliphatic carbocycles. The minimum Gasteiger partial charge on any atom is -0.463 e. The van der Waals surface area contributed by atoms with Crippen LogP contribution in [0, 0.1) is 0 Å². The van der Waals surface area contributed by atoms with Crippen LogP contribution in [0.3, 0.4) is 0 Å². The van der Waals surface area contributed by atoms with Crippen LogP contribution in [-0.4, -0.2) is 46.3 Å². The minimum absolute atomic E-state index is 0.121. The zero-order chi connectivity index (χ0) is 21.4. The summed E-state index contributed by atoms with van der Waals surface area (Å²) < 4.78 is 32.9. The van der Waals surface area contributed by atoms with Gasteiger partial charge in [-0.2, -0.15) is 8.42 Å². The smallest absolute Gasteiger partial charge is 0.333 e. The molecule has 0 saturated carbocycles. The number of carbonyl (C=O) groups excluding carboxylic acids is 1. The van der Waals surface area contributed by atoms with Gasteiger partial charge in [-0.05, 0) is 61.9 Å². The van der Waals surface area contributed by atoms with Crippen LogP contribution < -0.4 is 5.32 Å². The quantitative estimate of drug-likeness (QED) is 0.306. The first-order valence-corrected chi connectivity index (χ1v) is 10.4. The van der Waals surface area contributed by atoms with Gasteiger partial charge in [0.15, 0.2) is 0 Å². The number of rotatable bonds is 8. The molecule has 0 radical (unpaired) electrons. The molecule has 2 rings (SSSR count). The molecule has 0 unspecified atom stereocenters. The number of anilines is 2. The number of carbonyl (C=O) groups is 1. The Bertz CT molecular complexity index is 993. The Morgan fingerprint density at radius 3 is 2.14 bits per heavy atom. The maximum atomic E-state index is 12.1. The molecule has 154 valence electrons. The third-order valence-corrected chi connectivity index (χ3v) is 4.99. The van der Waals surface area contributed by atoms with Gasteiger partial charge >= 0.3 is 5.97 Å². The zero-order valence-electron chi connectivity index (χ0n) is 16.9. The van der Waals surface area contributed by atoms with Crippen LogP contribution in [0.15, 0.2) is 63.4 Å². The van der Waals surface area contributed by atoms with Crippen LogP contribution >= 0.6 is 0 Å². The van der Waals surface area contributed by atoms with E-state index in [1.807, 2.05) is 24.3 Å². The Labute approximate surface area is 171 Å². The Hall–Kier alpha value is -3.13. The SMILES string of the molecule is CCOC(=O)/C(C)=C/c1ccc(Nc2ccc(S(=O)(=O)/N=C/N(C)C)cc2)cc1. The zero-order valence-corrected chi connectivity index (χ0v) is 17.7. The monoisotopic (exact) mass is 415 g/mol. The van der Waals surface area contributed by atoms with Gasteiger partial charge in [0.2, 0.25) is 0 Å². The molecule has 29 heavy (non-hydrogen) atoms. The van der Waals surface area contributed by atoms with E-state index in [4.69, 9.17) is 4.74 Å². The summed E-state index contributed by atoms with van der Waals surface area (Å²) >= 11 is 0. The maximum absolute atomic E-state index is 12.1. The molecule has 8 heteroatoms. The van der Waals surface area contributed by atoms with Crippen molar-refractivity contribution < 1.29 is 17.9 Å². The first kappa shape index (κ1) is 22.2. The van der Waals surface area contributed by atoms with Crippen molar-refractivity contribution in [3.05, 3.63) is 59.7 Å². The molecule has 0 fully saturated rings. The second kappa shape index (κ2) is 9.88.